The van der Waals surface area contributed by atoms with Gasteiger partial charge < -0.3 is 10.5 Å². The average Bonchev–Trinajstić information content (AvgIpc) is 3.07. The maximum atomic E-state index is 6.56. The molecule has 2 aliphatic rings. The quantitative estimate of drug-likeness (QED) is 0.907. The zero-order valence-electron chi connectivity index (χ0n) is 12.0. The highest BCUT2D eigenvalue weighted by Gasteiger charge is 2.35. The van der Waals surface area contributed by atoms with Gasteiger partial charge in [0, 0.05) is 18.0 Å². The molecule has 1 aromatic carbocycles. The van der Waals surface area contributed by atoms with Gasteiger partial charge in [0.2, 0.25) is 0 Å². The number of hydrogen-bond donors (Lipinski definition) is 1. The van der Waals surface area contributed by atoms with E-state index in [0.29, 0.717) is 0 Å². The minimum absolute atomic E-state index is 0.0181. The van der Waals surface area contributed by atoms with Gasteiger partial charge in [-0.2, -0.15) is 0 Å². The van der Waals surface area contributed by atoms with Gasteiger partial charge in [0.05, 0.1) is 6.61 Å². The molecule has 19 heavy (non-hydrogen) atoms. The fourth-order valence-electron chi connectivity index (χ4n) is 3.30. The maximum absolute atomic E-state index is 6.56. The van der Waals surface area contributed by atoms with Crippen LogP contribution in [0.5, 0.6) is 5.75 Å². The Morgan fingerprint density at radius 3 is 2.74 bits per heavy atom. The fraction of sp³-hybridized carbons (Fsp3) is 0.625. The van der Waals surface area contributed by atoms with E-state index in [1.54, 1.807) is 0 Å². The number of hydrogen-bond acceptors (Lipinski definition) is 3. The van der Waals surface area contributed by atoms with E-state index in [9.17, 15) is 0 Å². The highest BCUT2D eigenvalue weighted by Crippen LogP contribution is 2.34. The number of rotatable bonds is 3. The Balaban J connectivity index is 1.84. The molecule has 1 atom stereocenters. The zero-order chi connectivity index (χ0) is 13.5. The number of nitrogens with two attached hydrogens (primary N) is 1. The van der Waals surface area contributed by atoms with Crippen LogP contribution in [0.2, 0.25) is 0 Å². The third-order valence-corrected chi connectivity index (χ3v) is 4.75. The minimum Gasteiger partial charge on any atom is -0.493 e. The molecule has 3 nitrogen and oxygen atoms in total. The van der Waals surface area contributed by atoms with E-state index in [1.807, 2.05) is 0 Å². The highest BCUT2D eigenvalue weighted by molar-refractivity contribution is 5.41. The van der Waals surface area contributed by atoms with Crippen molar-refractivity contribution in [2.75, 3.05) is 19.7 Å². The second kappa shape index (κ2) is 4.80. The van der Waals surface area contributed by atoms with Gasteiger partial charge >= 0.3 is 0 Å². The third-order valence-electron chi connectivity index (χ3n) is 4.75. The lowest BCUT2D eigenvalue weighted by atomic mass is 9.87. The summed E-state index contributed by atoms with van der Waals surface area (Å²) >= 11 is 0. The van der Waals surface area contributed by atoms with Crippen molar-refractivity contribution in [1.82, 2.24) is 4.90 Å². The molecule has 0 radical (unpaired) electrons. The summed E-state index contributed by atoms with van der Waals surface area (Å²) in [5.41, 5.74) is 9.13. The summed E-state index contributed by atoms with van der Waals surface area (Å²) in [6.45, 7) is 7.70. The first kappa shape index (κ1) is 12.9. The van der Waals surface area contributed by atoms with Crippen molar-refractivity contribution < 1.29 is 4.74 Å². The molecule has 0 spiro atoms. The van der Waals surface area contributed by atoms with Crippen LogP contribution in [-0.4, -0.2) is 30.1 Å². The van der Waals surface area contributed by atoms with Crippen molar-refractivity contribution in [1.29, 1.82) is 0 Å². The first-order chi connectivity index (χ1) is 9.09. The van der Waals surface area contributed by atoms with E-state index in [4.69, 9.17) is 10.5 Å². The number of fused-ring (bicyclic) bond motifs is 1. The van der Waals surface area contributed by atoms with Gasteiger partial charge in [-0.3, -0.25) is 4.90 Å². The van der Waals surface area contributed by atoms with E-state index in [1.165, 1.54) is 37.1 Å². The molecule has 0 saturated carbocycles. The molecule has 0 aliphatic carbocycles. The van der Waals surface area contributed by atoms with Gasteiger partial charge in [-0.25, -0.2) is 0 Å². The Morgan fingerprint density at radius 2 is 2.00 bits per heavy atom. The molecule has 2 heterocycles. The first-order valence-electron chi connectivity index (χ1n) is 7.35. The second-order valence-electron chi connectivity index (χ2n) is 6.29. The van der Waals surface area contributed by atoms with Crippen LogP contribution in [0.4, 0.5) is 0 Å². The normalized spacial score (nSPS) is 21.2. The Hall–Kier alpha value is -1.06. The van der Waals surface area contributed by atoms with Crippen molar-refractivity contribution >= 4 is 0 Å². The predicted octanol–water partition coefficient (Wildman–Crippen LogP) is 2.50. The Labute approximate surface area is 115 Å². The predicted molar refractivity (Wildman–Crippen MR) is 77.5 cm³/mol. The standard InChI is InChI=1S/C16H24N2O/c1-16(2,18-8-3-4-9-18)15(17)13-5-6-14-12(11-13)7-10-19-14/h5-6,11,15H,3-4,7-10,17H2,1-2H3. The highest BCUT2D eigenvalue weighted by atomic mass is 16.5. The van der Waals surface area contributed by atoms with Crippen molar-refractivity contribution in [3.63, 3.8) is 0 Å². The van der Waals surface area contributed by atoms with E-state index in [2.05, 4.69) is 36.9 Å². The summed E-state index contributed by atoms with van der Waals surface area (Å²) in [5.74, 6) is 1.04. The van der Waals surface area contributed by atoms with Crippen molar-refractivity contribution in [2.45, 2.75) is 44.7 Å². The molecule has 1 saturated heterocycles. The first-order valence-corrected chi connectivity index (χ1v) is 7.35. The lowest BCUT2D eigenvalue weighted by molar-refractivity contribution is 0.124. The summed E-state index contributed by atoms with van der Waals surface area (Å²) in [4.78, 5) is 2.53. The molecule has 2 aliphatic heterocycles. The van der Waals surface area contributed by atoms with Crippen molar-refractivity contribution in [2.24, 2.45) is 5.73 Å². The van der Waals surface area contributed by atoms with Crippen LogP contribution in [0.3, 0.4) is 0 Å². The molecule has 0 bridgehead atoms. The number of nitrogens with zero attached hydrogens (tertiary/aromatic N) is 1. The molecule has 1 unspecified atom stereocenters. The third kappa shape index (κ3) is 2.26. The van der Waals surface area contributed by atoms with Crippen LogP contribution < -0.4 is 10.5 Å². The smallest absolute Gasteiger partial charge is 0.122 e. The molecule has 104 valence electrons. The number of ether oxygens (including phenoxy) is 1. The van der Waals surface area contributed by atoms with E-state index in [-0.39, 0.29) is 11.6 Å². The monoisotopic (exact) mass is 260 g/mol. The lowest BCUT2D eigenvalue weighted by Gasteiger charge is -2.40. The summed E-state index contributed by atoms with van der Waals surface area (Å²) in [6, 6.07) is 6.51. The Morgan fingerprint density at radius 1 is 1.26 bits per heavy atom. The van der Waals surface area contributed by atoms with Gasteiger partial charge in [0.15, 0.2) is 0 Å². The van der Waals surface area contributed by atoms with Gasteiger partial charge in [0.25, 0.3) is 0 Å². The van der Waals surface area contributed by atoms with Crippen molar-refractivity contribution in [3.05, 3.63) is 29.3 Å². The van der Waals surface area contributed by atoms with Gasteiger partial charge in [-0.1, -0.05) is 12.1 Å². The lowest BCUT2D eigenvalue weighted by Crippen LogP contribution is -2.49. The van der Waals surface area contributed by atoms with Crippen LogP contribution >= 0.6 is 0 Å². The molecule has 3 rings (SSSR count). The van der Waals surface area contributed by atoms with Crippen LogP contribution in [0, 0.1) is 0 Å². The van der Waals surface area contributed by atoms with Crippen LogP contribution in [0.25, 0.3) is 0 Å². The topological polar surface area (TPSA) is 38.5 Å². The average molecular weight is 260 g/mol. The summed E-state index contributed by atoms with van der Waals surface area (Å²) in [7, 11) is 0. The maximum Gasteiger partial charge on any atom is 0.122 e. The number of benzene rings is 1. The molecule has 0 amide bonds. The number of likely N-dealkylation sites (tertiary alicyclic amines) is 1. The van der Waals surface area contributed by atoms with Gasteiger partial charge in [0.1, 0.15) is 5.75 Å². The van der Waals surface area contributed by atoms with Crippen LogP contribution in [0.1, 0.15) is 43.9 Å². The second-order valence-corrected chi connectivity index (χ2v) is 6.29. The molecule has 1 fully saturated rings. The molecule has 1 aromatic rings. The molecular formula is C16H24N2O. The van der Waals surface area contributed by atoms with Crippen molar-refractivity contribution in [3.8, 4) is 5.75 Å². The zero-order valence-corrected chi connectivity index (χ0v) is 12.0. The minimum atomic E-state index is 0.0181. The van der Waals surface area contributed by atoms with E-state index < -0.39 is 0 Å². The molecule has 3 heteroatoms. The van der Waals surface area contributed by atoms with E-state index in [0.717, 1.165) is 18.8 Å². The largest absolute Gasteiger partial charge is 0.493 e. The molecular weight excluding hydrogens is 236 g/mol. The van der Waals surface area contributed by atoms with Gasteiger partial charge in [-0.15, -0.1) is 0 Å². The Kier molecular flexibility index (Phi) is 3.27. The van der Waals surface area contributed by atoms with E-state index >= 15 is 0 Å². The Bertz CT molecular complexity index is 464. The van der Waals surface area contributed by atoms with Crippen LogP contribution in [0.15, 0.2) is 18.2 Å². The summed E-state index contributed by atoms with van der Waals surface area (Å²) in [6.07, 6.45) is 3.61. The summed E-state index contributed by atoms with van der Waals surface area (Å²) in [5, 5.41) is 0. The molecule has 2 N–H and O–H groups in total. The molecule has 0 aromatic heterocycles. The SMILES string of the molecule is CC(C)(C(N)c1ccc2c(c1)CCO2)N1CCCC1. The van der Waals surface area contributed by atoms with Gasteiger partial charge in [-0.05, 0) is 57.0 Å². The summed E-state index contributed by atoms with van der Waals surface area (Å²) < 4.78 is 5.57. The fourth-order valence-corrected chi connectivity index (χ4v) is 3.30. The van der Waals surface area contributed by atoms with Crippen LogP contribution in [-0.2, 0) is 6.42 Å².